The highest BCUT2D eigenvalue weighted by molar-refractivity contribution is 5.85. The molecule has 0 saturated carbocycles. The monoisotopic (exact) mass is 282 g/mol. The quantitative estimate of drug-likeness (QED) is 0.718. The van der Waals surface area contributed by atoms with Gasteiger partial charge in [-0.15, -0.1) is 0 Å². The third kappa shape index (κ3) is 4.63. The molecule has 1 N–H and O–H groups in total. The third-order valence-corrected chi connectivity index (χ3v) is 3.79. The molecular formula is C15H26N2O3. The Labute approximate surface area is 121 Å². The molecule has 2 atom stereocenters. The normalized spacial score (nSPS) is 22.0. The summed E-state index contributed by atoms with van der Waals surface area (Å²) in [6.45, 7) is 4.21. The fourth-order valence-corrected chi connectivity index (χ4v) is 2.60. The van der Waals surface area contributed by atoms with Crippen LogP contribution in [0, 0.1) is 11.8 Å². The van der Waals surface area contributed by atoms with E-state index < -0.39 is 17.8 Å². The number of carbonyl (C=O) groups excluding carboxylic acids is 1. The van der Waals surface area contributed by atoms with Crippen molar-refractivity contribution in [3.8, 4) is 0 Å². The van der Waals surface area contributed by atoms with Crippen molar-refractivity contribution >= 4 is 11.9 Å². The van der Waals surface area contributed by atoms with Crippen molar-refractivity contribution in [2.75, 3.05) is 33.7 Å². The molecule has 114 valence electrons. The molecule has 1 aliphatic rings. The largest absolute Gasteiger partial charge is 0.481 e. The highest BCUT2D eigenvalue weighted by Gasteiger charge is 2.35. The minimum absolute atomic E-state index is 0.0111. The van der Waals surface area contributed by atoms with Crippen LogP contribution in [0.3, 0.4) is 0 Å². The molecule has 1 aliphatic carbocycles. The SMILES string of the molecule is CCN(CCCN(C)C)C(=O)[C@@H]1CC=CC[C@@H]1C(=O)O. The molecular weight excluding hydrogens is 256 g/mol. The van der Waals surface area contributed by atoms with Crippen molar-refractivity contribution < 1.29 is 14.7 Å². The zero-order valence-corrected chi connectivity index (χ0v) is 12.7. The molecule has 0 bridgehead atoms. The van der Waals surface area contributed by atoms with E-state index in [2.05, 4.69) is 4.90 Å². The van der Waals surface area contributed by atoms with Gasteiger partial charge in [0, 0.05) is 13.1 Å². The predicted molar refractivity (Wildman–Crippen MR) is 78.4 cm³/mol. The van der Waals surface area contributed by atoms with E-state index in [1.165, 1.54) is 0 Å². The Morgan fingerprint density at radius 3 is 2.25 bits per heavy atom. The summed E-state index contributed by atoms with van der Waals surface area (Å²) in [4.78, 5) is 27.7. The van der Waals surface area contributed by atoms with Gasteiger partial charge in [0.25, 0.3) is 0 Å². The van der Waals surface area contributed by atoms with Crippen LogP contribution < -0.4 is 0 Å². The van der Waals surface area contributed by atoms with Crippen LogP contribution in [0.5, 0.6) is 0 Å². The summed E-state index contributed by atoms with van der Waals surface area (Å²) in [6, 6.07) is 0. The Kier molecular flexibility index (Phi) is 6.71. The van der Waals surface area contributed by atoms with E-state index in [0.29, 0.717) is 25.9 Å². The standard InChI is InChI=1S/C15H26N2O3/c1-4-17(11-7-10-16(2)3)14(18)12-8-5-6-9-13(12)15(19)20/h5-6,12-13H,4,7-11H2,1-3H3,(H,19,20)/t12-,13+/m1/s1. The van der Waals surface area contributed by atoms with Crippen LogP contribution in [0.2, 0.25) is 0 Å². The lowest BCUT2D eigenvalue weighted by Crippen LogP contribution is -2.42. The number of rotatable bonds is 7. The molecule has 0 aliphatic heterocycles. The van der Waals surface area contributed by atoms with E-state index in [0.717, 1.165) is 13.0 Å². The Morgan fingerprint density at radius 1 is 1.15 bits per heavy atom. The van der Waals surface area contributed by atoms with E-state index in [1.807, 2.05) is 33.2 Å². The fourth-order valence-electron chi connectivity index (χ4n) is 2.60. The lowest BCUT2D eigenvalue weighted by molar-refractivity contribution is -0.150. The van der Waals surface area contributed by atoms with Gasteiger partial charge in [-0.05, 0) is 46.8 Å². The van der Waals surface area contributed by atoms with Crippen molar-refractivity contribution in [1.82, 2.24) is 9.80 Å². The van der Waals surface area contributed by atoms with Crippen molar-refractivity contribution in [2.45, 2.75) is 26.2 Å². The molecule has 0 aromatic rings. The van der Waals surface area contributed by atoms with Crippen LogP contribution in [0.15, 0.2) is 12.2 Å². The Bertz CT molecular complexity index is 366. The Balaban J connectivity index is 2.64. The summed E-state index contributed by atoms with van der Waals surface area (Å²) in [6.07, 6.45) is 5.70. The van der Waals surface area contributed by atoms with Crippen LogP contribution in [-0.2, 0) is 9.59 Å². The van der Waals surface area contributed by atoms with Crippen molar-refractivity contribution in [3.05, 3.63) is 12.2 Å². The summed E-state index contributed by atoms with van der Waals surface area (Å²) < 4.78 is 0. The number of amides is 1. The minimum atomic E-state index is -0.864. The summed E-state index contributed by atoms with van der Waals surface area (Å²) in [5, 5.41) is 9.25. The van der Waals surface area contributed by atoms with Gasteiger partial charge in [-0.1, -0.05) is 12.2 Å². The molecule has 0 unspecified atom stereocenters. The zero-order valence-electron chi connectivity index (χ0n) is 12.7. The number of nitrogens with zero attached hydrogens (tertiary/aromatic N) is 2. The van der Waals surface area contributed by atoms with E-state index in [4.69, 9.17) is 0 Å². The third-order valence-electron chi connectivity index (χ3n) is 3.79. The van der Waals surface area contributed by atoms with Gasteiger partial charge in [0.15, 0.2) is 0 Å². The maximum Gasteiger partial charge on any atom is 0.307 e. The van der Waals surface area contributed by atoms with Crippen LogP contribution in [0.4, 0.5) is 0 Å². The highest BCUT2D eigenvalue weighted by atomic mass is 16.4. The molecule has 5 nitrogen and oxygen atoms in total. The smallest absolute Gasteiger partial charge is 0.307 e. The van der Waals surface area contributed by atoms with Gasteiger partial charge in [0.1, 0.15) is 0 Å². The maximum absolute atomic E-state index is 12.5. The molecule has 1 rings (SSSR count). The molecule has 20 heavy (non-hydrogen) atoms. The first kappa shape index (κ1) is 16.7. The molecule has 0 saturated heterocycles. The second-order valence-corrected chi connectivity index (χ2v) is 5.57. The second-order valence-electron chi connectivity index (χ2n) is 5.57. The zero-order chi connectivity index (χ0) is 15.1. The second kappa shape index (κ2) is 8.04. The fraction of sp³-hybridized carbons (Fsp3) is 0.733. The molecule has 5 heteroatoms. The summed E-state index contributed by atoms with van der Waals surface area (Å²) in [5.41, 5.74) is 0. The first-order valence-electron chi connectivity index (χ1n) is 7.28. The van der Waals surface area contributed by atoms with Crippen molar-refractivity contribution in [2.24, 2.45) is 11.8 Å². The van der Waals surface area contributed by atoms with Gasteiger partial charge in [0.05, 0.1) is 11.8 Å². The van der Waals surface area contributed by atoms with E-state index in [1.54, 1.807) is 4.90 Å². The van der Waals surface area contributed by atoms with Crippen LogP contribution in [0.25, 0.3) is 0 Å². The van der Waals surface area contributed by atoms with E-state index in [-0.39, 0.29) is 5.91 Å². The Morgan fingerprint density at radius 2 is 1.75 bits per heavy atom. The number of allylic oxidation sites excluding steroid dienone is 2. The molecule has 1 amide bonds. The first-order chi connectivity index (χ1) is 9.47. The van der Waals surface area contributed by atoms with Crippen LogP contribution in [-0.4, -0.2) is 60.5 Å². The molecule has 0 aromatic heterocycles. The lowest BCUT2D eigenvalue weighted by atomic mass is 9.82. The molecule has 0 fully saturated rings. The van der Waals surface area contributed by atoms with Gasteiger partial charge in [-0.2, -0.15) is 0 Å². The average molecular weight is 282 g/mol. The number of hydrogen-bond donors (Lipinski definition) is 1. The molecule has 0 spiro atoms. The number of carboxylic acid groups (broad SMARTS) is 1. The molecule has 0 heterocycles. The summed E-state index contributed by atoms with van der Waals surface area (Å²) >= 11 is 0. The summed E-state index contributed by atoms with van der Waals surface area (Å²) in [5.74, 6) is -1.85. The Hall–Kier alpha value is -1.36. The predicted octanol–water partition coefficient (Wildman–Crippen LogP) is 1.45. The van der Waals surface area contributed by atoms with Crippen molar-refractivity contribution in [1.29, 1.82) is 0 Å². The van der Waals surface area contributed by atoms with Crippen LogP contribution in [0.1, 0.15) is 26.2 Å². The van der Waals surface area contributed by atoms with Crippen molar-refractivity contribution in [3.63, 3.8) is 0 Å². The molecule has 0 aromatic carbocycles. The van der Waals surface area contributed by atoms with Gasteiger partial charge in [0.2, 0.25) is 5.91 Å². The van der Waals surface area contributed by atoms with Gasteiger partial charge in [-0.25, -0.2) is 0 Å². The lowest BCUT2D eigenvalue weighted by Gasteiger charge is -2.30. The molecule has 0 radical (unpaired) electrons. The van der Waals surface area contributed by atoms with E-state index in [9.17, 15) is 14.7 Å². The number of hydrogen-bond acceptors (Lipinski definition) is 3. The number of aliphatic carboxylic acids is 1. The van der Waals surface area contributed by atoms with Gasteiger partial charge in [-0.3, -0.25) is 9.59 Å². The van der Waals surface area contributed by atoms with Gasteiger partial charge < -0.3 is 14.9 Å². The highest BCUT2D eigenvalue weighted by Crippen LogP contribution is 2.27. The minimum Gasteiger partial charge on any atom is -0.481 e. The average Bonchev–Trinajstić information content (AvgIpc) is 2.42. The van der Waals surface area contributed by atoms with E-state index >= 15 is 0 Å². The maximum atomic E-state index is 12.5. The summed E-state index contributed by atoms with van der Waals surface area (Å²) in [7, 11) is 4.01. The van der Waals surface area contributed by atoms with Crippen LogP contribution >= 0.6 is 0 Å². The van der Waals surface area contributed by atoms with Gasteiger partial charge >= 0.3 is 5.97 Å². The number of carboxylic acids is 1. The first-order valence-corrected chi connectivity index (χ1v) is 7.28. The number of carbonyl (C=O) groups is 2. The topological polar surface area (TPSA) is 60.9 Å².